The molecule has 2 aromatic carbocycles. The molecular formula is C19H14NO5-. The molecule has 0 unspecified atom stereocenters. The minimum atomic E-state index is -1.37. The molecule has 0 radical (unpaired) electrons. The fraction of sp³-hybridized carbons (Fsp3) is 0.105. The van der Waals surface area contributed by atoms with Crippen LogP contribution in [0.2, 0.25) is 0 Å². The third-order valence-electron chi connectivity index (χ3n) is 3.28. The van der Waals surface area contributed by atoms with E-state index in [9.17, 15) is 20.0 Å². The first kappa shape index (κ1) is 17.8. The summed E-state index contributed by atoms with van der Waals surface area (Å²) in [4.78, 5) is 23.2. The van der Waals surface area contributed by atoms with Crippen LogP contribution in [0.4, 0.5) is 0 Å². The zero-order chi connectivity index (χ0) is 18.2. The molecule has 0 bridgehead atoms. The highest BCUT2D eigenvalue weighted by Crippen LogP contribution is 2.25. The van der Waals surface area contributed by atoms with Crippen LogP contribution in [-0.2, 0) is 4.79 Å². The van der Waals surface area contributed by atoms with Crippen molar-refractivity contribution < 1.29 is 24.2 Å². The van der Waals surface area contributed by atoms with Crippen LogP contribution in [0.25, 0.3) is 6.08 Å². The lowest BCUT2D eigenvalue weighted by molar-refractivity contribution is -0.307. The number of benzene rings is 2. The lowest BCUT2D eigenvalue weighted by Crippen LogP contribution is -2.29. The number of rotatable bonds is 7. The van der Waals surface area contributed by atoms with Crippen LogP contribution in [0.1, 0.15) is 15.9 Å². The van der Waals surface area contributed by atoms with Crippen molar-refractivity contribution in [2.45, 2.75) is 0 Å². The first-order chi connectivity index (χ1) is 12.1. The van der Waals surface area contributed by atoms with Crippen LogP contribution in [0, 0.1) is 11.3 Å². The maximum absolute atomic E-state index is 12.6. The Morgan fingerprint density at radius 2 is 1.76 bits per heavy atom. The maximum atomic E-state index is 12.6. The molecule has 0 aliphatic rings. The van der Waals surface area contributed by atoms with Crippen LogP contribution >= 0.6 is 0 Å². The lowest BCUT2D eigenvalue weighted by atomic mass is 10.0. The lowest BCUT2D eigenvalue weighted by Gasteiger charge is -2.10. The summed E-state index contributed by atoms with van der Waals surface area (Å²) in [5.41, 5.74) is 0.531. The van der Waals surface area contributed by atoms with Crippen LogP contribution in [0.15, 0.2) is 54.1 Å². The minimum absolute atomic E-state index is 0.131. The topological polar surface area (TPSA) is 99.5 Å². The summed E-state index contributed by atoms with van der Waals surface area (Å²) in [6.07, 6.45) is 1.35. The molecule has 6 heteroatoms. The number of Topliss-reactive ketones (excluding diaryl/α,β-unsaturated/α-hetero) is 1. The second-order valence-electron chi connectivity index (χ2n) is 4.90. The molecular weight excluding hydrogens is 322 g/mol. The zero-order valence-electron chi connectivity index (χ0n) is 13.4. The molecule has 0 aliphatic carbocycles. The monoisotopic (exact) mass is 336 g/mol. The highest BCUT2D eigenvalue weighted by molar-refractivity contribution is 6.15. The summed E-state index contributed by atoms with van der Waals surface area (Å²) in [7, 11) is 1.44. The SMILES string of the molecule is COc1ccccc1C(=O)/C(C#N)=C/c1ccccc1OCC(=O)[O-]. The summed E-state index contributed by atoms with van der Waals surface area (Å²) in [5, 5.41) is 19.9. The summed E-state index contributed by atoms with van der Waals surface area (Å²) in [6.45, 7) is -0.632. The van der Waals surface area contributed by atoms with Crippen molar-refractivity contribution in [3.8, 4) is 17.6 Å². The molecule has 126 valence electrons. The van der Waals surface area contributed by atoms with Gasteiger partial charge >= 0.3 is 0 Å². The van der Waals surface area contributed by atoms with Crippen molar-refractivity contribution in [3.05, 3.63) is 65.2 Å². The van der Waals surface area contributed by atoms with Gasteiger partial charge in [-0.05, 0) is 24.3 Å². The number of carboxylic acids is 1. The summed E-state index contributed by atoms with van der Waals surface area (Å²) in [6, 6.07) is 14.9. The van der Waals surface area contributed by atoms with E-state index in [2.05, 4.69) is 0 Å². The predicted molar refractivity (Wildman–Crippen MR) is 87.9 cm³/mol. The molecule has 2 rings (SSSR count). The second kappa shape index (κ2) is 8.31. The smallest absolute Gasteiger partial charge is 0.207 e. The number of carbonyl (C=O) groups excluding carboxylic acids is 2. The molecule has 0 spiro atoms. The van der Waals surface area contributed by atoms with Gasteiger partial charge in [0.25, 0.3) is 0 Å². The Kier molecular flexibility index (Phi) is 5.91. The molecule has 0 aromatic heterocycles. The number of carbonyl (C=O) groups is 2. The molecule has 0 saturated carbocycles. The Morgan fingerprint density at radius 3 is 2.40 bits per heavy atom. The number of methoxy groups -OCH3 is 1. The minimum Gasteiger partial charge on any atom is -0.546 e. The molecule has 0 fully saturated rings. The van der Waals surface area contributed by atoms with Crippen molar-refractivity contribution in [3.63, 3.8) is 0 Å². The van der Waals surface area contributed by atoms with E-state index in [0.717, 1.165) is 0 Å². The number of ether oxygens (including phenoxy) is 2. The third kappa shape index (κ3) is 4.45. The second-order valence-corrected chi connectivity index (χ2v) is 4.90. The fourth-order valence-corrected chi connectivity index (χ4v) is 2.15. The Morgan fingerprint density at radius 1 is 1.12 bits per heavy atom. The Hall–Kier alpha value is -3.59. The van der Waals surface area contributed by atoms with Gasteiger partial charge in [-0.1, -0.05) is 30.3 Å². The van der Waals surface area contributed by atoms with E-state index in [1.165, 1.54) is 19.3 Å². The number of ketones is 1. The number of hydrogen-bond acceptors (Lipinski definition) is 6. The van der Waals surface area contributed by atoms with E-state index in [-0.39, 0.29) is 16.9 Å². The number of hydrogen-bond donors (Lipinski definition) is 0. The van der Waals surface area contributed by atoms with Gasteiger partial charge in [0.1, 0.15) is 29.7 Å². The maximum Gasteiger partial charge on any atom is 0.207 e. The van der Waals surface area contributed by atoms with Gasteiger partial charge in [-0.25, -0.2) is 0 Å². The Bertz CT molecular complexity index is 864. The molecule has 25 heavy (non-hydrogen) atoms. The highest BCUT2D eigenvalue weighted by Gasteiger charge is 2.17. The van der Waals surface area contributed by atoms with Gasteiger partial charge in [0.05, 0.1) is 18.6 Å². The van der Waals surface area contributed by atoms with Gasteiger partial charge in [-0.15, -0.1) is 0 Å². The number of carboxylic acid groups (broad SMARTS) is 1. The third-order valence-corrected chi connectivity index (χ3v) is 3.28. The number of allylic oxidation sites excluding steroid dienone is 1. The van der Waals surface area contributed by atoms with Crippen molar-refractivity contribution in [1.29, 1.82) is 5.26 Å². The van der Waals surface area contributed by atoms with Crippen LogP contribution in [0.3, 0.4) is 0 Å². The van der Waals surface area contributed by atoms with Crippen molar-refractivity contribution in [1.82, 2.24) is 0 Å². The predicted octanol–water partition coefficient (Wildman–Crippen LogP) is 1.61. The summed E-state index contributed by atoms with van der Waals surface area (Å²) < 4.78 is 10.3. The largest absolute Gasteiger partial charge is 0.546 e. The number of nitriles is 1. The van der Waals surface area contributed by atoms with Crippen molar-refractivity contribution >= 4 is 17.8 Å². The van der Waals surface area contributed by atoms with Gasteiger partial charge in [0.2, 0.25) is 5.78 Å². The summed E-state index contributed by atoms with van der Waals surface area (Å²) >= 11 is 0. The molecule has 2 aromatic rings. The Labute approximate surface area is 144 Å². The van der Waals surface area contributed by atoms with Crippen LogP contribution in [0.5, 0.6) is 11.5 Å². The van der Waals surface area contributed by atoms with Crippen molar-refractivity contribution in [2.75, 3.05) is 13.7 Å². The van der Waals surface area contributed by atoms with E-state index in [1.54, 1.807) is 42.5 Å². The van der Waals surface area contributed by atoms with Gasteiger partial charge in [-0.3, -0.25) is 4.79 Å². The van der Waals surface area contributed by atoms with Gasteiger partial charge in [0.15, 0.2) is 0 Å². The fourth-order valence-electron chi connectivity index (χ4n) is 2.15. The molecule has 6 nitrogen and oxygen atoms in total. The quantitative estimate of drug-likeness (QED) is 0.433. The summed E-state index contributed by atoms with van der Waals surface area (Å²) in [5.74, 6) is -1.29. The standard InChI is InChI=1S/C19H15NO5/c1-24-17-9-5-3-7-15(17)19(23)14(11-20)10-13-6-2-4-8-16(13)25-12-18(21)22/h2-10H,12H2,1H3,(H,21,22)/p-1/b14-10+. The van der Waals surface area contributed by atoms with Crippen molar-refractivity contribution in [2.24, 2.45) is 0 Å². The highest BCUT2D eigenvalue weighted by atomic mass is 16.5. The first-order valence-corrected chi connectivity index (χ1v) is 7.28. The van der Waals surface area contributed by atoms with Crippen LogP contribution < -0.4 is 14.6 Å². The molecule has 0 N–H and O–H groups in total. The van der Waals surface area contributed by atoms with E-state index in [0.29, 0.717) is 11.3 Å². The normalized spacial score (nSPS) is 10.6. The van der Waals surface area contributed by atoms with Gasteiger partial charge < -0.3 is 19.4 Å². The van der Waals surface area contributed by atoms with E-state index in [1.807, 2.05) is 6.07 Å². The molecule has 0 heterocycles. The average molecular weight is 336 g/mol. The van der Waals surface area contributed by atoms with E-state index >= 15 is 0 Å². The molecule has 0 atom stereocenters. The molecule has 0 amide bonds. The number of para-hydroxylation sites is 2. The Balaban J connectivity index is 2.39. The van der Waals surface area contributed by atoms with Crippen LogP contribution in [-0.4, -0.2) is 25.5 Å². The molecule has 0 aliphatic heterocycles. The zero-order valence-corrected chi connectivity index (χ0v) is 13.4. The molecule has 0 saturated heterocycles. The van der Waals surface area contributed by atoms with Gasteiger partial charge in [-0.2, -0.15) is 5.26 Å². The van der Waals surface area contributed by atoms with Gasteiger partial charge in [0, 0.05) is 5.56 Å². The first-order valence-electron chi connectivity index (χ1n) is 7.28. The van der Waals surface area contributed by atoms with E-state index < -0.39 is 18.4 Å². The number of nitrogens with zero attached hydrogens (tertiary/aromatic N) is 1. The van der Waals surface area contributed by atoms with E-state index in [4.69, 9.17) is 9.47 Å². The number of aliphatic carboxylic acids is 1. The average Bonchev–Trinajstić information content (AvgIpc) is 2.64.